The number of hydrogen-bond donors (Lipinski definition) is 4. The molecule has 1 aromatic heterocycles. The van der Waals surface area contributed by atoms with Crippen LogP contribution in [0.2, 0.25) is 0 Å². The van der Waals surface area contributed by atoms with E-state index in [4.69, 9.17) is 5.73 Å². The van der Waals surface area contributed by atoms with Gasteiger partial charge in [0.2, 0.25) is 11.8 Å². The minimum atomic E-state index is -0.834. The normalized spacial score (nSPS) is 20.8. The Balaban J connectivity index is 1.73. The Hall–Kier alpha value is -2.33. The molecule has 4 atom stereocenters. The minimum absolute atomic E-state index is 0.0629. The highest BCUT2D eigenvalue weighted by molar-refractivity contribution is 7.13. The second-order valence-electron chi connectivity index (χ2n) is 9.37. The van der Waals surface area contributed by atoms with E-state index in [0.29, 0.717) is 0 Å². The van der Waals surface area contributed by atoms with E-state index in [0.717, 1.165) is 21.7 Å². The highest BCUT2D eigenvalue weighted by Gasteiger charge is 2.43. The van der Waals surface area contributed by atoms with Gasteiger partial charge in [-0.1, -0.05) is 45.0 Å². The van der Waals surface area contributed by atoms with Crippen molar-refractivity contribution in [3.05, 3.63) is 41.0 Å². The van der Waals surface area contributed by atoms with Crippen LogP contribution in [0.15, 0.2) is 29.8 Å². The number of aliphatic hydroxyl groups is 2. The second kappa shape index (κ2) is 9.66. The van der Waals surface area contributed by atoms with Crippen molar-refractivity contribution in [2.45, 2.75) is 58.3 Å². The number of hydrogen-bond acceptors (Lipinski definition) is 7. The van der Waals surface area contributed by atoms with Gasteiger partial charge in [0.05, 0.1) is 40.9 Å². The largest absolute Gasteiger partial charge is 0.394 e. The fraction of sp³-hybridized carbons (Fsp3) is 0.522. The number of aryl methyl sites for hydroxylation is 1. The van der Waals surface area contributed by atoms with Gasteiger partial charge in [0, 0.05) is 13.0 Å². The molecule has 2 heterocycles. The average Bonchev–Trinajstić information content (AvgIpc) is 3.35. The van der Waals surface area contributed by atoms with Gasteiger partial charge in [-0.05, 0) is 23.5 Å². The first kappa shape index (κ1) is 24.3. The van der Waals surface area contributed by atoms with E-state index in [9.17, 15) is 19.8 Å². The molecule has 2 unspecified atom stereocenters. The summed E-state index contributed by atoms with van der Waals surface area (Å²) in [5, 5.41) is 22.9. The van der Waals surface area contributed by atoms with Crippen LogP contribution in [0.3, 0.4) is 0 Å². The predicted octanol–water partition coefficient (Wildman–Crippen LogP) is 1.60. The average molecular weight is 461 g/mol. The summed E-state index contributed by atoms with van der Waals surface area (Å²) in [6.45, 7) is 7.29. The van der Waals surface area contributed by atoms with Crippen LogP contribution in [0.4, 0.5) is 0 Å². The van der Waals surface area contributed by atoms with Crippen LogP contribution in [-0.2, 0) is 9.59 Å². The lowest BCUT2D eigenvalue weighted by atomic mass is 9.86. The molecule has 1 aliphatic rings. The zero-order valence-electron chi connectivity index (χ0n) is 18.9. The molecule has 0 bridgehead atoms. The summed E-state index contributed by atoms with van der Waals surface area (Å²) < 4.78 is 0. The van der Waals surface area contributed by atoms with Gasteiger partial charge in [0.15, 0.2) is 0 Å². The summed E-state index contributed by atoms with van der Waals surface area (Å²) in [6, 6.07) is 5.32. The third-order valence-electron chi connectivity index (χ3n) is 5.88. The Bertz CT molecular complexity index is 954. The first-order valence-corrected chi connectivity index (χ1v) is 11.6. The topological polar surface area (TPSA) is 129 Å². The first-order chi connectivity index (χ1) is 15.0. The zero-order chi connectivity index (χ0) is 23.6. The van der Waals surface area contributed by atoms with Crippen molar-refractivity contribution in [2.24, 2.45) is 11.1 Å². The Morgan fingerprint density at radius 2 is 1.97 bits per heavy atom. The molecule has 2 amide bonds. The Morgan fingerprint density at radius 1 is 1.31 bits per heavy atom. The van der Waals surface area contributed by atoms with E-state index in [1.165, 1.54) is 4.90 Å². The zero-order valence-corrected chi connectivity index (χ0v) is 19.7. The minimum Gasteiger partial charge on any atom is -0.394 e. The van der Waals surface area contributed by atoms with E-state index < -0.39 is 35.6 Å². The Labute approximate surface area is 192 Å². The maximum atomic E-state index is 13.0. The van der Waals surface area contributed by atoms with Gasteiger partial charge >= 0.3 is 0 Å². The lowest BCUT2D eigenvalue weighted by Crippen LogP contribution is -2.55. The first-order valence-electron chi connectivity index (χ1n) is 10.7. The van der Waals surface area contributed by atoms with Crippen molar-refractivity contribution in [3.63, 3.8) is 0 Å². The number of amides is 2. The summed E-state index contributed by atoms with van der Waals surface area (Å²) >= 11 is 1.56. The highest BCUT2D eigenvalue weighted by Crippen LogP contribution is 2.29. The van der Waals surface area contributed by atoms with Gasteiger partial charge in [0.25, 0.3) is 0 Å². The molecule has 0 spiro atoms. The number of thiazole rings is 1. The highest BCUT2D eigenvalue weighted by atomic mass is 32.1. The van der Waals surface area contributed by atoms with Gasteiger partial charge in [-0.15, -0.1) is 11.3 Å². The number of nitrogens with two attached hydrogens (primary N) is 1. The Morgan fingerprint density at radius 3 is 2.50 bits per heavy atom. The molecule has 32 heavy (non-hydrogen) atoms. The molecule has 1 aromatic carbocycles. The quantitative estimate of drug-likeness (QED) is 0.518. The fourth-order valence-corrected chi connectivity index (χ4v) is 4.61. The van der Waals surface area contributed by atoms with Crippen molar-refractivity contribution in [3.8, 4) is 10.4 Å². The maximum Gasteiger partial charge on any atom is 0.243 e. The molecule has 174 valence electrons. The number of benzene rings is 1. The summed E-state index contributed by atoms with van der Waals surface area (Å²) in [7, 11) is 0. The third kappa shape index (κ3) is 5.17. The lowest BCUT2D eigenvalue weighted by Gasteiger charge is -2.33. The number of nitrogens with zero attached hydrogens (tertiary/aromatic N) is 2. The van der Waals surface area contributed by atoms with E-state index in [1.54, 1.807) is 16.8 Å². The molecule has 8 nitrogen and oxygen atoms in total. The van der Waals surface area contributed by atoms with Crippen LogP contribution in [0.25, 0.3) is 10.4 Å². The van der Waals surface area contributed by atoms with E-state index in [-0.39, 0.29) is 25.5 Å². The van der Waals surface area contributed by atoms with Crippen LogP contribution in [0.5, 0.6) is 0 Å². The summed E-state index contributed by atoms with van der Waals surface area (Å²) in [4.78, 5) is 32.7. The van der Waals surface area contributed by atoms with E-state index in [1.807, 2.05) is 52.0 Å². The van der Waals surface area contributed by atoms with Gasteiger partial charge in [-0.3, -0.25) is 9.59 Å². The third-order valence-corrected chi connectivity index (χ3v) is 6.86. The second-order valence-corrected chi connectivity index (χ2v) is 10.2. The number of β-amino-alcohol motifs (C(OH)–C–C–N with tert-alkyl or cyclic N) is 1. The van der Waals surface area contributed by atoms with Crippen molar-refractivity contribution in [1.29, 1.82) is 0 Å². The van der Waals surface area contributed by atoms with Gasteiger partial charge in [-0.2, -0.15) is 0 Å². The molecule has 2 aromatic rings. The fourth-order valence-electron chi connectivity index (χ4n) is 3.80. The predicted molar refractivity (Wildman–Crippen MR) is 124 cm³/mol. The molecular formula is C23H32N4O4S. The van der Waals surface area contributed by atoms with Crippen LogP contribution >= 0.6 is 11.3 Å². The number of likely N-dealkylation sites (tertiary alicyclic amines) is 1. The van der Waals surface area contributed by atoms with Crippen molar-refractivity contribution >= 4 is 23.2 Å². The summed E-state index contributed by atoms with van der Waals surface area (Å²) in [6.07, 6.45) is -0.660. The van der Waals surface area contributed by atoms with Crippen LogP contribution < -0.4 is 11.1 Å². The summed E-state index contributed by atoms with van der Waals surface area (Å²) in [5.74, 6) is -0.781. The lowest BCUT2D eigenvalue weighted by molar-refractivity contribution is -0.141. The maximum absolute atomic E-state index is 13.0. The van der Waals surface area contributed by atoms with Gasteiger partial charge in [-0.25, -0.2) is 4.98 Å². The summed E-state index contributed by atoms with van der Waals surface area (Å²) in [5.41, 5.74) is 10.2. The molecule has 1 aliphatic heterocycles. The van der Waals surface area contributed by atoms with Crippen LogP contribution in [0.1, 0.15) is 44.5 Å². The molecule has 5 N–H and O–H groups in total. The van der Waals surface area contributed by atoms with Gasteiger partial charge < -0.3 is 26.2 Å². The molecular weight excluding hydrogens is 428 g/mol. The number of carbonyl (C=O) groups excluding carboxylic acids is 2. The Kier molecular flexibility index (Phi) is 7.34. The van der Waals surface area contributed by atoms with Crippen molar-refractivity contribution < 1.29 is 19.8 Å². The standard InChI is InChI=1S/C23H32N4O4S/c1-13-19(32-12-25-13)15-7-5-14(6-8-15)17(11-28)26-21(30)18-9-16(29)10-27(18)22(31)20(24)23(2,3)4/h5-8,12,16-18,20,28-29H,9-11,24H2,1-4H3,(H,26,30)/t16-,17?,18+,20?/m1/s1. The number of aliphatic hydroxyl groups excluding tert-OH is 2. The molecule has 0 saturated carbocycles. The molecule has 1 saturated heterocycles. The molecule has 9 heteroatoms. The number of rotatable bonds is 6. The van der Waals surface area contributed by atoms with Crippen molar-refractivity contribution in [2.75, 3.05) is 13.2 Å². The van der Waals surface area contributed by atoms with Crippen molar-refractivity contribution in [1.82, 2.24) is 15.2 Å². The van der Waals surface area contributed by atoms with E-state index >= 15 is 0 Å². The van der Waals surface area contributed by atoms with Crippen LogP contribution in [0, 0.1) is 12.3 Å². The molecule has 3 rings (SSSR count). The smallest absolute Gasteiger partial charge is 0.243 e. The monoisotopic (exact) mass is 460 g/mol. The van der Waals surface area contributed by atoms with Gasteiger partial charge in [0.1, 0.15) is 6.04 Å². The molecule has 0 aliphatic carbocycles. The number of nitrogens with one attached hydrogen (secondary N) is 1. The molecule has 0 radical (unpaired) electrons. The number of aromatic nitrogens is 1. The van der Waals surface area contributed by atoms with E-state index in [2.05, 4.69) is 10.3 Å². The van der Waals surface area contributed by atoms with Crippen LogP contribution in [-0.4, -0.2) is 63.3 Å². The number of carbonyl (C=O) groups is 2. The SMILES string of the molecule is Cc1ncsc1-c1ccc(C(CO)NC(=O)[C@@H]2C[C@@H](O)CN2C(=O)C(N)C(C)(C)C)cc1. The molecule has 1 fully saturated rings.